The first-order chi connectivity index (χ1) is 10.2. The van der Waals surface area contributed by atoms with Gasteiger partial charge in [-0.2, -0.15) is 0 Å². The molecule has 6 nitrogen and oxygen atoms in total. The van der Waals surface area contributed by atoms with Crippen molar-refractivity contribution in [3.63, 3.8) is 0 Å². The zero-order chi connectivity index (χ0) is 15.3. The van der Waals surface area contributed by atoms with Gasteiger partial charge in [0.05, 0.1) is 39.5 Å². The molecule has 0 atom stereocenters. The Morgan fingerprint density at radius 2 is 1.55 bits per heavy atom. The molecule has 1 fully saturated rings. The van der Waals surface area contributed by atoms with Crippen LogP contribution >= 0.6 is 0 Å². The summed E-state index contributed by atoms with van der Waals surface area (Å²) in [6, 6.07) is 0. The van der Waals surface area contributed by atoms with Crippen molar-refractivity contribution >= 4 is 5.91 Å². The molecule has 0 aliphatic carbocycles. The van der Waals surface area contributed by atoms with Gasteiger partial charge in [0.1, 0.15) is 0 Å². The Bertz CT molecular complexity index is 274. The van der Waals surface area contributed by atoms with Crippen molar-refractivity contribution in [1.82, 2.24) is 4.90 Å². The van der Waals surface area contributed by atoms with Gasteiger partial charge in [-0.25, -0.2) is 0 Å². The Kier molecular flexibility index (Phi) is 14.4. The van der Waals surface area contributed by atoms with Crippen LogP contribution in [0.2, 0.25) is 0 Å². The van der Waals surface area contributed by atoms with E-state index in [0.29, 0.717) is 45.4 Å². The number of hydrogen-bond donors (Lipinski definition) is 0. The summed E-state index contributed by atoms with van der Waals surface area (Å²) in [5.74, 6) is 0.715. The predicted octanol–water partition coefficient (Wildman–Crippen LogP) is 1.30. The Balaban J connectivity index is 0.00000441. The third kappa shape index (κ3) is 11.5. The molecule has 1 amide bonds. The summed E-state index contributed by atoms with van der Waals surface area (Å²) in [7, 11) is 0. The standard InChI is InChI=1S/C15H29N2O4.V/c1-14(2)13-21-12-11-20-10-9-19-8-3-15(18)17-6-4-16-5-7-17;/h14H,3-13H2,1-2H3;/q-1;. The molecule has 0 unspecified atom stereocenters. The van der Waals surface area contributed by atoms with E-state index in [-0.39, 0.29) is 24.5 Å². The minimum absolute atomic E-state index is 0. The zero-order valence-corrected chi connectivity index (χ0v) is 15.2. The summed E-state index contributed by atoms with van der Waals surface area (Å²) in [5.41, 5.74) is 0. The first-order valence-corrected chi connectivity index (χ1v) is 7.84. The number of carbonyl (C=O) groups excluding carboxylic acids is 1. The first kappa shape index (κ1) is 21.9. The van der Waals surface area contributed by atoms with Crippen LogP contribution in [0.3, 0.4) is 0 Å². The van der Waals surface area contributed by atoms with Crippen LogP contribution < -0.4 is 0 Å². The van der Waals surface area contributed by atoms with Gasteiger partial charge in [-0.05, 0) is 5.92 Å². The van der Waals surface area contributed by atoms with Gasteiger partial charge in [0, 0.05) is 38.3 Å². The molecule has 0 bridgehead atoms. The first-order valence-electron chi connectivity index (χ1n) is 7.84. The molecular formula is C15H29N2O4V-. The zero-order valence-electron chi connectivity index (χ0n) is 13.8. The van der Waals surface area contributed by atoms with Crippen LogP contribution in [0.25, 0.3) is 5.32 Å². The van der Waals surface area contributed by atoms with Gasteiger partial charge in [-0.3, -0.25) is 4.79 Å². The van der Waals surface area contributed by atoms with Crippen LogP contribution in [0.15, 0.2) is 0 Å². The van der Waals surface area contributed by atoms with Crippen molar-refractivity contribution in [1.29, 1.82) is 0 Å². The van der Waals surface area contributed by atoms with E-state index in [2.05, 4.69) is 19.2 Å². The molecule has 0 aromatic rings. The van der Waals surface area contributed by atoms with E-state index in [1.165, 1.54) is 0 Å². The van der Waals surface area contributed by atoms with E-state index >= 15 is 0 Å². The Morgan fingerprint density at radius 1 is 1.00 bits per heavy atom. The van der Waals surface area contributed by atoms with Crippen LogP contribution in [0, 0.1) is 5.92 Å². The minimum atomic E-state index is 0. The van der Waals surface area contributed by atoms with E-state index in [1.807, 2.05) is 4.90 Å². The Labute approximate surface area is 146 Å². The van der Waals surface area contributed by atoms with Gasteiger partial charge < -0.3 is 24.4 Å². The van der Waals surface area contributed by atoms with Crippen LogP contribution in [0.1, 0.15) is 20.3 Å². The number of nitrogens with zero attached hydrogens (tertiary/aromatic N) is 2. The van der Waals surface area contributed by atoms with Gasteiger partial charge in [-0.15, -0.1) is 13.1 Å². The molecule has 7 heteroatoms. The molecule has 0 spiro atoms. The van der Waals surface area contributed by atoms with Crippen molar-refractivity contribution in [2.45, 2.75) is 20.3 Å². The molecule has 1 saturated heterocycles. The van der Waals surface area contributed by atoms with Gasteiger partial charge >= 0.3 is 0 Å². The fraction of sp³-hybridized carbons (Fsp3) is 0.933. The molecule has 129 valence electrons. The van der Waals surface area contributed by atoms with E-state index in [4.69, 9.17) is 14.2 Å². The van der Waals surface area contributed by atoms with Crippen molar-refractivity contribution in [3.05, 3.63) is 5.32 Å². The largest absolute Gasteiger partial charge is 0.659 e. The van der Waals surface area contributed by atoms with Crippen molar-refractivity contribution < 1.29 is 37.6 Å². The summed E-state index contributed by atoms with van der Waals surface area (Å²) in [4.78, 5) is 13.7. The maximum Gasteiger partial charge on any atom is 0.224 e. The van der Waals surface area contributed by atoms with Crippen LogP contribution in [0.4, 0.5) is 0 Å². The monoisotopic (exact) mass is 352 g/mol. The fourth-order valence-corrected chi connectivity index (χ4v) is 1.93. The number of hydrogen-bond acceptors (Lipinski definition) is 4. The number of piperazine rings is 1. The van der Waals surface area contributed by atoms with Crippen LogP contribution in [0.5, 0.6) is 0 Å². The van der Waals surface area contributed by atoms with E-state index in [9.17, 15) is 4.79 Å². The maximum absolute atomic E-state index is 11.8. The Morgan fingerprint density at radius 3 is 2.14 bits per heavy atom. The molecule has 1 radical (unpaired) electrons. The van der Waals surface area contributed by atoms with Crippen molar-refractivity contribution in [3.8, 4) is 0 Å². The third-order valence-corrected chi connectivity index (χ3v) is 3.06. The summed E-state index contributed by atoms with van der Waals surface area (Å²) >= 11 is 0. The van der Waals surface area contributed by atoms with Crippen LogP contribution in [-0.2, 0) is 37.6 Å². The molecule has 1 rings (SSSR count). The fourth-order valence-electron chi connectivity index (χ4n) is 1.93. The maximum atomic E-state index is 11.8. The molecule has 0 aromatic heterocycles. The van der Waals surface area contributed by atoms with E-state index < -0.39 is 0 Å². The molecule has 1 aliphatic heterocycles. The molecular weight excluding hydrogens is 323 g/mol. The number of ether oxygens (including phenoxy) is 3. The average Bonchev–Trinajstić information content (AvgIpc) is 2.49. The summed E-state index contributed by atoms with van der Waals surface area (Å²) in [5, 5.41) is 4.22. The number of amides is 1. The minimum Gasteiger partial charge on any atom is -0.659 e. The molecule has 0 aromatic carbocycles. The van der Waals surface area contributed by atoms with Crippen molar-refractivity contribution in [2.24, 2.45) is 5.92 Å². The van der Waals surface area contributed by atoms with Gasteiger partial charge in [-0.1, -0.05) is 13.8 Å². The quantitative estimate of drug-likeness (QED) is 0.526. The van der Waals surface area contributed by atoms with Crippen LogP contribution in [-0.4, -0.2) is 76.6 Å². The molecule has 22 heavy (non-hydrogen) atoms. The second-order valence-corrected chi connectivity index (χ2v) is 5.50. The van der Waals surface area contributed by atoms with Gasteiger partial charge in [0.25, 0.3) is 0 Å². The SMILES string of the molecule is CC(C)COCCOCCOCCC(=O)N1CC[N-]CC1.[V]. The topological polar surface area (TPSA) is 62.1 Å². The smallest absolute Gasteiger partial charge is 0.224 e. The normalized spacial score (nSPS) is 15.0. The molecule has 1 heterocycles. The summed E-state index contributed by atoms with van der Waals surface area (Å²) in [6.07, 6.45) is 0.442. The summed E-state index contributed by atoms with van der Waals surface area (Å²) in [6.45, 7) is 10.8. The predicted molar refractivity (Wildman–Crippen MR) is 81.6 cm³/mol. The van der Waals surface area contributed by atoms with E-state index in [1.54, 1.807) is 0 Å². The second kappa shape index (κ2) is 14.5. The molecule has 0 saturated carbocycles. The number of rotatable bonds is 11. The average molecular weight is 352 g/mol. The second-order valence-electron chi connectivity index (χ2n) is 5.50. The van der Waals surface area contributed by atoms with Gasteiger partial charge in [0.15, 0.2) is 0 Å². The van der Waals surface area contributed by atoms with E-state index in [0.717, 1.165) is 32.8 Å². The van der Waals surface area contributed by atoms with Gasteiger partial charge in [0.2, 0.25) is 5.91 Å². The molecule has 0 N–H and O–H groups in total. The summed E-state index contributed by atoms with van der Waals surface area (Å²) < 4.78 is 16.2. The third-order valence-electron chi connectivity index (χ3n) is 3.06. The van der Waals surface area contributed by atoms with Crippen molar-refractivity contribution in [2.75, 3.05) is 65.8 Å². The number of carbonyl (C=O) groups is 1. The molecule has 1 aliphatic rings. The Hall–Kier alpha value is -0.106.